The molecule has 0 aliphatic rings. The fourth-order valence-corrected chi connectivity index (χ4v) is 1.16. The summed E-state index contributed by atoms with van der Waals surface area (Å²) in [6.45, 7) is 4.92. The van der Waals surface area contributed by atoms with Gasteiger partial charge < -0.3 is 9.84 Å². The van der Waals surface area contributed by atoms with Crippen molar-refractivity contribution in [2.45, 2.75) is 26.8 Å². The number of halogens is 1. The third kappa shape index (κ3) is 2.81. The van der Waals surface area contributed by atoms with E-state index in [0.29, 0.717) is 19.5 Å². The Kier molecular flexibility index (Phi) is 3.89. The lowest BCUT2D eigenvalue weighted by molar-refractivity contribution is 0.391. The van der Waals surface area contributed by atoms with Crippen LogP contribution in [0.15, 0.2) is 4.52 Å². The number of nitrogens with zero attached hydrogens (tertiary/aromatic N) is 1. The van der Waals surface area contributed by atoms with Crippen molar-refractivity contribution >= 4 is 0 Å². The summed E-state index contributed by atoms with van der Waals surface area (Å²) in [7, 11) is 0. The van der Waals surface area contributed by atoms with Crippen molar-refractivity contribution in [1.29, 1.82) is 0 Å². The maximum absolute atomic E-state index is 11.7. The number of rotatable bonds is 5. The number of aryl methyl sites for hydroxylation is 2. The van der Waals surface area contributed by atoms with Crippen LogP contribution in [0.5, 0.6) is 0 Å². The Morgan fingerprint density at radius 1 is 1.46 bits per heavy atom. The number of aromatic nitrogens is 1. The number of hydrogen-bond donors (Lipinski definition) is 1. The Balaban J connectivity index is 2.36. The first-order chi connectivity index (χ1) is 6.25. The Morgan fingerprint density at radius 2 is 2.23 bits per heavy atom. The van der Waals surface area contributed by atoms with E-state index in [1.54, 1.807) is 0 Å². The first-order valence-electron chi connectivity index (χ1n) is 4.44. The van der Waals surface area contributed by atoms with E-state index in [4.69, 9.17) is 4.52 Å². The lowest BCUT2D eigenvalue weighted by Crippen LogP contribution is -2.15. The normalized spacial score (nSPS) is 10.7. The van der Waals surface area contributed by atoms with Crippen LogP contribution in [0, 0.1) is 13.8 Å². The summed E-state index contributed by atoms with van der Waals surface area (Å²) >= 11 is 0. The molecule has 3 nitrogen and oxygen atoms in total. The zero-order valence-electron chi connectivity index (χ0n) is 8.06. The Bertz CT molecular complexity index is 241. The minimum atomic E-state index is -0.269. The van der Waals surface area contributed by atoms with Crippen LogP contribution in [0.25, 0.3) is 0 Å². The third-order valence-electron chi connectivity index (χ3n) is 1.97. The predicted molar refractivity (Wildman–Crippen MR) is 48.3 cm³/mol. The van der Waals surface area contributed by atoms with E-state index < -0.39 is 0 Å². The van der Waals surface area contributed by atoms with Gasteiger partial charge in [-0.2, -0.15) is 0 Å². The smallest absolute Gasteiger partial charge is 0.138 e. The minimum Gasteiger partial charge on any atom is -0.361 e. The van der Waals surface area contributed by atoms with Gasteiger partial charge in [0.15, 0.2) is 0 Å². The van der Waals surface area contributed by atoms with Crippen LogP contribution >= 0.6 is 0 Å². The summed E-state index contributed by atoms with van der Waals surface area (Å²) in [6.07, 6.45) is 0.559. The summed E-state index contributed by atoms with van der Waals surface area (Å²) in [5, 5.41) is 6.96. The SMILES string of the molecule is Cc1noc(C)c1CNCCCF. The molecule has 0 aliphatic carbocycles. The first-order valence-corrected chi connectivity index (χ1v) is 4.44. The second kappa shape index (κ2) is 4.97. The lowest BCUT2D eigenvalue weighted by Gasteiger charge is -2.01. The summed E-state index contributed by atoms with van der Waals surface area (Å²) in [4.78, 5) is 0. The van der Waals surface area contributed by atoms with Gasteiger partial charge in [-0.05, 0) is 26.8 Å². The zero-order chi connectivity index (χ0) is 9.68. The summed E-state index contributed by atoms with van der Waals surface area (Å²) < 4.78 is 16.7. The second-order valence-electron chi connectivity index (χ2n) is 3.02. The van der Waals surface area contributed by atoms with Gasteiger partial charge in [0.25, 0.3) is 0 Å². The molecule has 1 N–H and O–H groups in total. The number of nitrogens with one attached hydrogen (secondary N) is 1. The molecule has 0 radical (unpaired) electrons. The molecule has 4 heteroatoms. The van der Waals surface area contributed by atoms with E-state index in [-0.39, 0.29) is 6.67 Å². The van der Waals surface area contributed by atoms with Gasteiger partial charge in [0.1, 0.15) is 5.76 Å². The van der Waals surface area contributed by atoms with Gasteiger partial charge in [-0.15, -0.1) is 0 Å². The molecule has 0 amide bonds. The molecule has 1 heterocycles. The Labute approximate surface area is 77.3 Å². The van der Waals surface area contributed by atoms with Crippen molar-refractivity contribution in [2.75, 3.05) is 13.2 Å². The van der Waals surface area contributed by atoms with Crippen LogP contribution in [0.3, 0.4) is 0 Å². The molecule has 0 saturated carbocycles. The van der Waals surface area contributed by atoms with E-state index >= 15 is 0 Å². The molecule has 0 aliphatic heterocycles. The number of hydrogen-bond acceptors (Lipinski definition) is 3. The molecule has 0 bridgehead atoms. The summed E-state index contributed by atoms with van der Waals surface area (Å²) in [5.74, 6) is 0.838. The van der Waals surface area contributed by atoms with E-state index in [0.717, 1.165) is 17.0 Å². The molecule has 1 rings (SSSR count). The molecule has 0 aromatic carbocycles. The predicted octanol–water partition coefficient (Wildman–Crippen LogP) is 1.74. The molecule has 0 saturated heterocycles. The Morgan fingerprint density at radius 3 is 2.77 bits per heavy atom. The van der Waals surface area contributed by atoms with E-state index in [1.807, 2.05) is 13.8 Å². The molecule has 0 unspecified atom stereocenters. The highest BCUT2D eigenvalue weighted by molar-refractivity contribution is 5.20. The molecule has 0 fully saturated rings. The topological polar surface area (TPSA) is 38.1 Å². The first kappa shape index (κ1) is 10.2. The molecular weight excluding hydrogens is 171 g/mol. The van der Waals surface area contributed by atoms with Crippen molar-refractivity contribution < 1.29 is 8.91 Å². The van der Waals surface area contributed by atoms with Crippen molar-refractivity contribution in [2.24, 2.45) is 0 Å². The van der Waals surface area contributed by atoms with Crippen LogP contribution in [0.1, 0.15) is 23.4 Å². The zero-order valence-corrected chi connectivity index (χ0v) is 8.06. The highest BCUT2D eigenvalue weighted by Crippen LogP contribution is 2.11. The van der Waals surface area contributed by atoms with Gasteiger partial charge in [0.2, 0.25) is 0 Å². The van der Waals surface area contributed by atoms with Gasteiger partial charge in [0, 0.05) is 12.1 Å². The third-order valence-corrected chi connectivity index (χ3v) is 1.97. The Hall–Kier alpha value is -0.900. The standard InChI is InChI=1S/C9H15FN2O/c1-7-9(8(2)13-12-7)6-11-5-3-4-10/h11H,3-6H2,1-2H3. The maximum Gasteiger partial charge on any atom is 0.138 e. The fraction of sp³-hybridized carbons (Fsp3) is 0.667. The van der Waals surface area contributed by atoms with Gasteiger partial charge in [0.05, 0.1) is 12.4 Å². The van der Waals surface area contributed by atoms with Gasteiger partial charge in [-0.25, -0.2) is 0 Å². The van der Waals surface area contributed by atoms with Gasteiger partial charge in [-0.1, -0.05) is 5.16 Å². The molecule has 1 aromatic rings. The quantitative estimate of drug-likeness (QED) is 0.712. The van der Waals surface area contributed by atoms with Crippen LogP contribution in [-0.2, 0) is 6.54 Å². The van der Waals surface area contributed by atoms with E-state index in [9.17, 15) is 4.39 Å². The maximum atomic E-state index is 11.7. The van der Waals surface area contributed by atoms with Crippen molar-refractivity contribution in [3.05, 3.63) is 17.0 Å². The largest absolute Gasteiger partial charge is 0.361 e. The van der Waals surface area contributed by atoms with E-state index in [1.165, 1.54) is 0 Å². The van der Waals surface area contributed by atoms with Crippen LogP contribution in [0.2, 0.25) is 0 Å². The van der Waals surface area contributed by atoms with Crippen molar-refractivity contribution in [3.63, 3.8) is 0 Å². The van der Waals surface area contributed by atoms with Gasteiger partial charge in [-0.3, -0.25) is 4.39 Å². The lowest BCUT2D eigenvalue weighted by atomic mass is 10.2. The highest BCUT2D eigenvalue weighted by atomic mass is 19.1. The monoisotopic (exact) mass is 186 g/mol. The van der Waals surface area contributed by atoms with Crippen LogP contribution < -0.4 is 5.32 Å². The average molecular weight is 186 g/mol. The molecule has 1 aromatic heterocycles. The molecule has 13 heavy (non-hydrogen) atoms. The van der Waals surface area contributed by atoms with Crippen LogP contribution in [-0.4, -0.2) is 18.4 Å². The molecule has 0 spiro atoms. The van der Waals surface area contributed by atoms with Gasteiger partial charge >= 0.3 is 0 Å². The summed E-state index contributed by atoms with van der Waals surface area (Å²) in [5.41, 5.74) is 1.99. The molecule has 74 valence electrons. The average Bonchev–Trinajstić information content (AvgIpc) is 2.42. The summed E-state index contributed by atoms with van der Waals surface area (Å²) in [6, 6.07) is 0. The van der Waals surface area contributed by atoms with E-state index in [2.05, 4.69) is 10.5 Å². The number of alkyl halides is 1. The second-order valence-corrected chi connectivity index (χ2v) is 3.02. The van der Waals surface area contributed by atoms with Crippen molar-refractivity contribution in [3.8, 4) is 0 Å². The van der Waals surface area contributed by atoms with Crippen LogP contribution in [0.4, 0.5) is 4.39 Å². The highest BCUT2D eigenvalue weighted by Gasteiger charge is 2.07. The molecular formula is C9H15FN2O. The molecule has 0 atom stereocenters. The fourth-order valence-electron chi connectivity index (χ4n) is 1.16. The van der Waals surface area contributed by atoms with Crippen molar-refractivity contribution in [1.82, 2.24) is 10.5 Å². The minimum absolute atomic E-state index is 0.269.